The fourth-order valence-corrected chi connectivity index (χ4v) is 1.61. The molecule has 0 amide bonds. The van der Waals surface area contributed by atoms with E-state index in [0.29, 0.717) is 6.04 Å². The average molecular weight is 249 g/mol. The van der Waals surface area contributed by atoms with Gasteiger partial charge in [0.2, 0.25) is 0 Å². The Hall–Kier alpha value is -0.930. The molecular weight excluding hydrogens is 222 g/mol. The van der Waals surface area contributed by atoms with E-state index in [9.17, 15) is 0 Å². The van der Waals surface area contributed by atoms with Gasteiger partial charge in [-0.25, -0.2) is 0 Å². The first-order valence-corrected chi connectivity index (χ1v) is 6.80. The summed E-state index contributed by atoms with van der Waals surface area (Å²) in [6.45, 7) is 10.9. The van der Waals surface area contributed by atoms with E-state index in [-0.39, 0.29) is 5.54 Å². The number of hydrogen-bond donors (Lipinski definition) is 1. The Morgan fingerprint density at radius 2 is 2.11 bits per heavy atom. The standard InChI is InChI=1S/C15H27N3/c1-6-15(3,4)17-11-13(2)18(5)12-14-9-7-8-10-16-14/h7-10,13,17H,6,11-12H2,1-5H3. The van der Waals surface area contributed by atoms with Crippen LogP contribution in [0.4, 0.5) is 0 Å². The lowest BCUT2D eigenvalue weighted by Crippen LogP contribution is -2.46. The predicted molar refractivity (Wildman–Crippen MR) is 77.5 cm³/mol. The maximum Gasteiger partial charge on any atom is 0.0543 e. The number of rotatable bonds is 7. The van der Waals surface area contributed by atoms with Crippen molar-refractivity contribution in [2.45, 2.75) is 52.2 Å². The third-order valence-corrected chi connectivity index (χ3v) is 3.65. The van der Waals surface area contributed by atoms with E-state index in [1.165, 1.54) is 0 Å². The van der Waals surface area contributed by atoms with Crippen molar-refractivity contribution in [1.82, 2.24) is 15.2 Å². The van der Waals surface area contributed by atoms with Crippen molar-refractivity contribution in [2.75, 3.05) is 13.6 Å². The maximum absolute atomic E-state index is 4.36. The van der Waals surface area contributed by atoms with Crippen LogP contribution in [0.25, 0.3) is 0 Å². The van der Waals surface area contributed by atoms with Gasteiger partial charge in [0, 0.05) is 30.9 Å². The largest absolute Gasteiger partial charge is 0.310 e. The normalized spacial score (nSPS) is 13.9. The molecule has 1 rings (SSSR count). The van der Waals surface area contributed by atoms with Gasteiger partial charge in [-0.1, -0.05) is 13.0 Å². The third-order valence-electron chi connectivity index (χ3n) is 3.65. The summed E-state index contributed by atoms with van der Waals surface area (Å²) in [4.78, 5) is 6.70. The minimum Gasteiger partial charge on any atom is -0.310 e. The van der Waals surface area contributed by atoms with Crippen LogP contribution >= 0.6 is 0 Å². The Labute approximate surface area is 112 Å². The summed E-state index contributed by atoms with van der Waals surface area (Å²) in [5.41, 5.74) is 1.35. The third kappa shape index (κ3) is 5.15. The number of nitrogens with zero attached hydrogens (tertiary/aromatic N) is 2. The highest BCUT2D eigenvalue weighted by Crippen LogP contribution is 2.08. The summed E-state index contributed by atoms with van der Waals surface area (Å²) in [7, 11) is 2.15. The molecule has 0 saturated heterocycles. The zero-order chi connectivity index (χ0) is 13.6. The summed E-state index contributed by atoms with van der Waals surface area (Å²) in [6, 6.07) is 6.57. The van der Waals surface area contributed by atoms with E-state index < -0.39 is 0 Å². The van der Waals surface area contributed by atoms with E-state index in [4.69, 9.17) is 0 Å². The molecule has 0 aliphatic rings. The second kappa shape index (κ2) is 6.86. The van der Waals surface area contributed by atoms with Crippen LogP contribution in [0.1, 0.15) is 39.8 Å². The van der Waals surface area contributed by atoms with Crippen LogP contribution < -0.4 is 5.32 Å². The first kappa shape index (κ1) is 15.1. The van der Waals surface area contributed by atoms with Gasteiger partial charge in [0.15, 0.2) is 0 Å². The number of likely N-dealkylation sites (N-methyl/N-ethyl adjacent to an activating group) is 1. The molecule has 0 aliphatic carbocycles. The molecule has 1 heterocycles. The highest BCUT2D eigenvalue weighted by Gasteiger charge is 2.17. The van der Waals surface area contributed by atoms with Crippen molar-refractivity contribution in [3.05, 3.63) is 30.1 Å². The zero-order valence-electron chi connectivity index (χ0n) is 12.4. The molecule has 1 atom stereocenters. The number of pyridine rings is 1. The van der Waals surface area contributed by atoms with Crippen LogP contribution in [-0.2, 0) is 6.54 Å². The number of aromatic nitrogens is 1. The van der Waals surface area contributed by atoms with E-state index in [2.05, 4.69) is 56.0 Å². The fourth-order valence-electron chi connectivity index (χ4n) is 1.61. The van der Waals surface area contributed by atoms with Crippen molar-refractivity contribution in [3.8, 4) is 0 Å². The second-order valence-electron chi connectivity index (χ2n) is 5.70. The quantitative estimate of drug-likeness (QED) is 0.805. The fraction of sp³-hybridized carbons (Fsp3) is 0.667. The number of hydrogen-bond acceptors (Lipinski definition) is 3. The first-order valence-electron chi connectivity index (χ1n) is 6.80. The van der Waals surface area contributed by atoms with Gasteiger partial charge in [-0.05, 0) is 46.4 Å². The van der Waals surface area contributed by atoms with Gasteiger partial charge in [-0.3, -0.25) is 9.88 Å². The maximum atomic E-state index is 4.36. The van der Waals surface area contributed by atoms with Gasteiger partial charge in [0.05, 0.1) is 5.69 Å². The van der Waals surface area contributed by atoms with Crippen molar-refractivity contribution >= 4 is 0 Å². The van der Waals surface area contributed by atoms with Gasteiger partial charge >= 0.3 is 0 Å². The lowest BCUT2D eigenvalue weighted by atomic mass is 10.0. The highest BCUT2D eigenvalue weighted by atomic mass is 15.2. The predicted octanol–water partition coefficient (Wildman–Crippen LogP) is 2.68. The molecule has 1 aromatic heterocycles. The van der Waals surface area contributed by atoms with E-state index in [1.54, 1.807) is 0 Å². The van der Waals surface area contributed by atoms with Crippen LogP contribution in [0.5, 0.6) is 0 Å². The Morgan fingerprint density at radius 1 is 1.39 bits per heavy atom. The number of nitrogens with one attached hydrogen (secondary N) is 1. The Kier molecular flexibility index (Phi) is 5.76. The van der Waals surface area contributed by atoms with Gasteiger partial charge < -0.3 is 5.32 Å². The van der Waals surface area contributed by atoms with Crippen molar-refractivity contribution < 1.29 is 0 Å². The zero-order valence-corrected chi connectivity index (χ0v) is 12.4. The van der Waals surface area contributed by atoms with Crippen LogP contribution in [0, 0.1) is 0 Å². The minimum absolute atomic E-state index is 0.222. The van der Waals surface area contributed by atoms with Crippen LogP contribution in [-0.4, -0.2) is 35.1 Å². The molecule has 3 heteroatoms. The molecular formula is C15H27N3. The molecule has 0 aliphatic heterocycles. The molecule has 0 bridgehead atoms. The van der Waals surface area contributed by atoms with Gasteiger partial charge in [-0.2, -0.15) is 0 Å². The molecule has 0 saturated carbocycles. The van der Waals surface area contributed by atoms with Gasteiger partial charge in [-0.15, -0.1) is 0 Å². The van der Waals surface area contributed by atoms with Crippen molar-refractivity contribution in [3.63, 3.8) is 0 Å². The lowest BCUT2D eigenvalue weighted by molar-refractivity contribution is 0.221. The Morgan fingerprint density at radius 3 is 2.67 bits per heavy atom. The van der Waals surface area contributed by atoms with E-state index >= 15 is 0 Å². The van der Waals surface area contributed by atoms with Gasteiger partial charge in [0.1, 0.15) is 0 Å². The Bertz CT molecular complexity index is 335. The molecule has 0 radical (unpaired) electrons. The summed E-state index contributed by atoms with van der Waals surface area (Å²) in [5.74, 6) is 0. The molecule has 0 aromatic carbocycles. The van der Waals surface area contributed by atoms with Crippen LogP contribution in [0.15, 0.2) is 24.4 Å². The second-order valence-corrected chi connectivity index (χ2v) is 5.70. The average Bonchev–Trinajstić information content (AvgIpc) is 2.37. The topological polar surface area (TPSA) is 28.2 Å². The lowest BCUT2D eigenvalue weighted by Gasteiger charge is -2.30. The summed E-state index contributed by atoms with van der Waals surface area (Å²) < 4.78 is 0. The molecule has 0 fully saturated rings. The summed E-state index contributed by atoms with van der Waals surface area (Å²) in [5, 5.41) is 3.61. The molecule has 1 aromatic rings. The Balaban J connectivity index is 2.40. The van der Waals surface area contributed by atoms with Gasteiger partial charge in [0.25, 0.3) is 0 Å². The van der Waals surface area contributed by atoms with E-state index in [0.717, 1.165) is 25.2 Å². The molecule has 3 nitrogen and oxygen atoms in total. The smallest absolute Gasteiger partial charge is 0.0543 e. The van der Waals surface area contributed by atoms with E-state index in [1.807, 2.05) is 18.3 Å². The molecule has 102 valence electrons. The molecule has 0 spiro atoms. The van der Waals surface area contributed by atoms with Crippen LogP contribution in [0.2, 0.25) is 0 Å². The monoisotopic (exact) mass is 249 g/mol. The van der Waals surface area contributed by atoms with Crippen LogP contribution in [0.3, 0.4) is 0 Å². The summed E-state index contributed by atoms with van der Waals surface area (Å²) in [6.07, 6.45) is 3.00. The highest BCUT2D eigenvalue weighted by molar-refractivity contribution is 5.03. The van der Waals surface area contributed by atoms with Crippen molar-refractivity contribution in [1.29, 1.82) is 0 Å². The summed E-state index contributed by atoms with van der Waals surface area (Å²) >= 11 is 0. The molecule has 1 unspecified atom stereocenters. The molecule has 1 N–H and O–H groups in total. The minimum atomic E-state index is 0.222. The van der Waals surface area contributed by atoms with Crippen molar-refractivity contribution in [2.24, 2.45) is 0 Å². The first-order chi connectivity index (χ1) is 8.44. The molecule has 18 heavy (non-hydrogen) atoms. The SMILES string of the molecule is CCC(C)(C)NCC(C)N(C)Cc1ccccn1.